The highest BCUT2D eigenvalue weighted by Crippen LogP contribution is 2.36. The molecule has 1 aromatic carbocycles. The first-order valence-electron chi connectivity index (χ1n) is 9.23. The van der Waals surface area contributed by atoms with Gasteiger partial charge in [0.1, 0.15) is 17.3 Å². The predicted octanol–water partition coefficient (Wildman–Crippen LogP) is 4.43. The molecule has 6 heteroatoms. The van der Waals surface area contributed by atoms with E-state index in [1.807, 2.05) is 42.5 Å². The average molecular weight is 362 g/mol. The van der Waals surface area contributed by atoms with Gasteiger partial charge >= 0.3 is 0 Å². The number of aliphatic hydroxyl groups is 1. The summed E-state index contributed by atoms with van der Waals surface area (Å²) < 4.78 is 6.00. The lowest BCUT2D eigenvalue weighted by Crippen LogP contribution is -2.19. The first-order chi connectivity index (χ1) is 13.3. The molecule has 1 saturated carbocycles. The minimum Gasteiger partial charge on any atom is -0.437 e. The number of aliphatic hydroxyl groups excluding tert-OH is 1. The van der Waals surface area contributed by atoms with Crippen LogP contribution < -0.4 is 10.1 Å². The summed E-state index contributed by atoms with van der Waals surface area (Å²) in [5, 5.41) is 13.2. The molecule has 0 saturated heterocycles. The summed E-state index contributed by atoms with van der Waals surface area (Å²) in [6, 6.07) is 13.4. The van der Waals surface area contributed by atoms with Crippen LogP contribution in [0.2, 0.25) is 0 Å². The van der Waals surface area contributed by atoms with Crippen molar-refractivity contribution < 1.29 is 9.84 Å². The summed E-state index contributed by atoms with van der Waals surface area (Å²) in [5.41, 5.74) is 1.75. The van der Waals surface area contributed by atoms with Gasteiger partial charge in [0.2, 0.25) is 5.88 Å². The smallest absolute Gasteiger partial charge is 0.241 e. The average Bonchev–Trinajstić information content (AvgIpc) is 2.71. The van der Waals surface area contributed by atoms with Crippen molar-refractivity contribution in [2.75, 3.05) is 5.32 Å². The van der Waals surface area contributed by atoms with Gasteiger partial charge in [-0.2, -0.15) is 0 Å². The highest BCUT2D eigenvalue weighted by Gasteiger charge is 2.26. The lowest BCUT2D eigenvalue weighted by molar-refractivity contribution is 0.118. The number of ether oxygens (including phenoxy) is 1. The van der Waals surface area contributed by atoms with Gasteiger partial charge in [0, 0.05) is 30.2 Å². The molecule has 0 aliphatic heterocycles. The van der Waals surface area contributed by atoms with E-state index >= 15 is 0 Å². The van der Waals surface area contributed by atoms with Crippen molar-refractivity contribution in [1.29, 1.82) is 0 Å². The second kappa shape index (κ2) is 8.14. The molecule has 0 amide bonds. The van der Waals surface area contributed by atoms with Crippen molar-refractivity contribution in [2.45, 2.75) is 37.7 Å². The van der Waals surface area contributed by atoms with E-state index in [-0.39, 0.29) is 12.0 Å². The fourth-order valence-electron chi connectivity index (χ4n) is 3.41. The monoisotopic (exact) mass is 362 g/mol. The van der Waals surface area contributed by atoms with Crippen molar-refractivity contribution in [3.8, 4) is 11.6 Å². The van der Waals surface area contributed by atoms with Crippen LogP contribution in [0, 0.1) is 0 Å². The van der Waals surface area contributed by atoms with Crippen LogP contribution in [0.4, 0.5) is 11.5 Å². The fraction of sp³-hybridized carbons (Fsp3) is 0.286. The molecule has 0 bridgehead atoms. The molecule has 1 aliphatic carbocycles. The number of anilines is 2. The maximum Gasteiger partial charge on any atom is 0.241 e. The van der Waals surface area contributed by atoms with Crippen molar-refractivity contribution >= 4 is 11.5 Å². The number of benzene rings is 1. The maximum atomic E-state index is 9.97. The van der Waals surface area contributed by atoms with Crippen LogP contribution in [0.5, 0.6) is 11.6 Å². The molecular formula is C21H22N4O2. The van der Waals surface area contributed by atoms with Gasteiger partial charge in [-0.3, -0.25) is 4.98 Å². The van der Waals surface area contributed by atoms with Gasteiger partial charge < -0.3 is 15.2 Å². The Kier molecular flexibility index (Phi) is 5.25. The summed E-state index contributed by atoms with van der Waals surface area (Å²) in [5.74, 6) is 2.18. The Morgan fingerprint density at radius 3 is 2.56 bits per heavy atom. The van der Waals surface area contributed by atoms with Crippen molar-refractivity contribution in [2.24, 2.45) is 0 Å². The van der Waals surface area contributed by atoms with Gasteiger partial charge in [-0.15, -0.1) is 0 Å². The molecule has 0 radical (unpaired) electrons. The third-order valence-corrected chi connectivity index (χ3v) is 4.73. The molecule has 6 nitrogen and oxygen atoms in total. The van der Waals surface area contributed by atoms with E-state index in [0.717, 1.165) is 36.5 Å². The third-order valence-electron chi connectivity index (χ3n) is 4.73. The van der Waals surface area contributed by atoms with Crippen molar-refractivity contribution in [3.63, 3.8) is 0 Å². The molecular weight excluding hydrogens is 340 g/mol. The number of nitrogens with one attached hydrogen (secondary N) is 1. The Balaban J connectivity index is 1.48. The number of hydrogen-bond acceptors (Lipinski definition) is 6. The highest BCUT2D eigenvalue weighted by atomic mass is 16.5. The minimum absolute atomic E-state index is 0.183. The third kappa shape index (κ3) is 4.41. The molecule has 138 valence electrons. The lowest BCUT2D eigenvalue weighted by atomic mass is 9.85. The molecule has 3 aromatic rings. The summed E-state index contributed by atoms with van der Waals surface area (Å²) in [6.45, 7) is 0. The van der Waals surface area contributed by atoms with Crippen molar-refractivity contribution in [3.05, 3.63) is 66.7 Å². The molecule has 2 aromatic heterocycles. The van der Waals surface area contributed by atoms with Gasteiger partial charge in [0.05, 0.1) is 6.10 Å². The van der Waals surface area contributed by atoms with Crippen LogP contribution in [0.3, 0.4) is 0 Å². The second-order valence-electron chi connectivity index (χ2n) is 6.73. The van der Waals surface area contributed by atoms with E-state index in [1.165, 1.54) is 0 Å². The lowest BCUT2D eigenvalue weighted by Gasteiger charge is -2.26. The molecule has 1 fully saturated rings. The quantitative estimate of drug-likeness (QED) is 0.699. The zero-order valence-corrected chi connectivity index (χ0v) is 15.0. The fourth-order valence-corrected chi connectivity index (χ4v) is 3.41. The van der Waals surface area contributed by atoms with E-state index in [0.29, 0.717) is 18.1 Å². The topological polar surface area (TPSA) is 80.2 Å². The summed E-state index contributed by atoms with van der Waals surface area (Å²) in [6.07, 6.45) is 8.36. The molecule has 4 rings (SSSR count). The van der Waals surface area contributed by atoms with Crippen LogP contribution in [-0.2, 0) is 0 Å². The highest BCUT2D eigenvalue weighted by molar-refractivity contribution is 5.57. The van der Waals surface area contributed by atoms with Gasteiger partial charge in [0.25, 0.3) is 0 Å². The largest absolute Gasteiger partial charge is 0.437 e. The van der Waals surface area contributed by atoms with Crippen LogP contribution in [0.1, 0.15) is 37.3 Å². The standard InChI is InChI=1S/C21H22N4O2/c26-17-5-3-4-15(14-17)20-21(24-13-12-23-20)27-18-9-7-16(8-10-18)25-19-6-1-2-11-22-19/h1-2,6-13,15,17,26H,3-5,14H2,(H,22,25)/t15-,17+/m0/s1. The Morgan fingerprint density at radius 2 is 1.78 bits per heavy atom. The Morgan fingerprint density at radius 1 is 0.926 bits per heavy atom. The summed E-state index contributed by atoms with van der Waals surface area (Å²) >= 11 is 0. The molecule has 2 heterocycles. The minimum atomic E-state index is -0.268. The second-order valence-corrected chi connectivity index (χ2v) is 6.73. The van der Waals surface area contributed by atoms with E-state index in [1.54, 1.807) is 18.6 Å². The number of aromatic nitrogens is 3. The van der Waals surface area contributed by atoms with Crippen LogP contribution in [0.25, 0.3) is 0 Å². The summed E-state index contributed by atoms with van der Waals surface area (Å²) in [7, 11) is 0. The normalized spacial score (nSPS) is 19.4. The van der Waals surface area contributed by atoms with Crippen LogP contribution >= 0.6 is 0 Å². The summed E-state index contributed by atoms with van der Waals surface area (Å²) in [4.78, 5) is 13.1. The molecule has 0 spiro atoms. The van der Waals surface area contributed by atoms with E-state index in [4.69, 9.17) is 4.74 Å². The van der Waals surface area contributed by atoms with Gasteiger partial charge in [-0.05, 0) is 55.7 Å². The number of hydrogen-bond donors (Lipinski definition) is 2. The van der Waals surface area contributed by atoms with Crippen molar-refractivity contribution in [1.82, 2.24) is 15.0 Å². The zero-order valence-electron chi connectivity index (χ0n) is 15.0. The van der Waals surface area contributed by atoms with Gasteiger partial charge in [-0.25, -0.2) is 9.97 Å². The van der Waals surface area contributed by atoms with E-state index < -0.39 is 0 Å². The van der Waals surface area contributed by atoms with Gasteiger partial charge in [0.15, 0.2) is 0 Å². The number of nitrogens with zero attached hydrogens (tertiary/aromatic N) is 3. The first-order valence-corrected chi connectivity index (χ1v) is 9.23. The first kappa shape index (κ1) is 17.4. The van der Waals surface area contributed by atoms with Gasteiger partial charge in [-0.1, -0.05) is 12.5 Å². The molecule has 1 aliphatic rings. The van der Waals surface area contributed by atoms with Crippen LogP contribution in [-0.4, -0.2) is 26.2 Å². The SMILES string of the molecule is O[C@@H]1CCC[C@H](c2nccnc2Oc2ccc(Nc3ccccn3)cc2)C1. The van der Waals surface area contributed by atoms with E-state index in [2.05, 4.69) is 20.3 Å². The molecule has 2 atom stereocenters. The maximum absolute atomic E-state index is 9.97. The van der Waals surface area contributed by atoms with Crippen LogP contribution in [0.15, 0.2) is 61.1 Å². The molecule has 2 N–H and O–H groups in total. The number of rotatable bonds is 5. The Hall–Kier alpha value is -2.99. The Labute approximate surface area is 158 Å². The zero-order chi connectivity index (χ0) is 18.5. The molecule has 0 unspecified atom stereocenters. The number of pyridine rings is 1. The Bertz CT molecular complexity index is 871. The molecule has 27 heavy (non-hydrogen) atoms. The van der Waals surface area contributed by atoms with E-state index in [9.17, 15) is 5.11 Å². The predicted molar refractivity (Wildman–Crippen MR) is 103 cm³/mol.